The molecule has 0 heterocycles. The fourth-order valence-corrected chi connectivity index (χ4v) is 1.32. The molecule has 5 heteroatoms. The average molecular weight is 220 g/mol. The molecule has 2 atom stereocenters. The molecular weight excluding hydrogens is 209 g/mol. The van der Waals surface area contributed by atoms with Crippen LogP contribution in [0.15, 0.2) is 18.2 Å². The summed E-state index contributed by atoms with van der Waals surface area (Å²) in [6.07, 6.45) is -2.41. The third-order valence-corrected chi connectivity index (χ3v) is 2.30. The zero-order valence-corrected chi connectivity index (χ0v) is 8.08. The summed E-state index contributed by atoms with van der Waals surface area (Å²) in [7, 11) is 0. The van der Waals surface area contributed by atoms with Gasteiger partial charge in [-0.2, -0.15) is 0 Å². The third kappa shape index (κ3) is 2.22. The van der Waals surface area contributed by atoms with Crippen LogP contribution in [0.1, 0.15) is 11.7 Å². The highest BCUT2D eigenvalue weighted by atomic mass is 35.5. The highest BCUT2D eigenvalue weighted by Crippen LogP contribution is 2.27. The summed E-state index contributed by atoms with van der Waals surface area (Å²) in [6.45, 7) is -0.117. The Kier molecular flexibility index (Phi) is 3.83. The summed E-state index contributed by atoms with van der Waals surface area (Å²) in [5.74, 6) is -0.632. The summed E-state index contributed by atoms with van der Waals surface area (Å²) in [5, 5.41) is 18.6. The number of halogens is 2. The largest absolute Gasteiger partial charge is 0.389 e. The molecule has 0 aromatic heterocycles. The van der Waals surface area contributed by atoms with Gasteiger partial charge in [-0.3, -0.25) is 0 Å². The first-order valence-electron chi connectivity index (χ1n) is 4.08. The summed E-state index contributed by atoms with van der Waals surface area (Å²) in [5.41, 5.74) is 5.29. The Bertz CT molecular complexity index is 322. The summed E-state index contributed by atoms with van der Waals surface area (Å²) < 4.78 is 13.0. The van der Waals surface area contributed by atoms with Crippen LogP contribution < -0.4 is 5.73 Å². The highest BCUT2D eigenvalue weighted by molar-refractivity contribution is 6.31. The van der Waals surface area contributed by atoms with E-state index in [1.807, 2.05) is 0 Å². The predicted octanol–water partition coefficient (Wildman–Crippen LogP) is 0.832. The SMILES string of the molecule is NCC(O)C(O)c1cccc(F)c1Cl. The molecular formula is C9H11ClFNO2. The quantitative estimate of drug-likeness (QED) is 0.706. The maximum absolute atomic E-state index is 13.0. The molecule has 0 spiro atoms. The van der Waals surface area contributed by atoms with Crippen LogP contribution >= 0.6 is 11.6 Å². The molecule has 14 heavy (non-hydrogen) atoms. The van der Waals surface area contributed by atoms with Crippen molar-refractivity contribution >= 4 is 11.6 Å². The molecule has 0 aliphatic rings. The van der Waals surface area contributed by atoms with Crippen molar-refractivity contribution in [3.63, 3.8) is 0 Å². The summed E-state index contributed by atoms with van der Waals surface area (Å²) in [4.78, 5) is 0. The van der Waals surface area contributed by atoms with Crippen molar-refractivity contribution in [3.8, 4) is 0 Å². The smallest absolute Gasteiger partial charge is 0.142 e. The first-order valence-corrected chi connectivity index (χ1v) is 4.45. The van der Waals surface area contributed by atoms with Crippen LogP contribution in [0, 0.1) is 5.82 Å². The van der Waals surface area contributed by atoms with Gasteiger partial charge in [0.2, 0.25) is 0 Å². The molecule has 4 N–H and O–H groups in total. The Balaban J connectivity index is 3.01. The molecule has 78 valence electrons. The molecule has 1 aromatic carbocycles. The fraction of sp³-hybridized carbons (Fsp3) is 0.333. The van der Waals surface area contributed by atoms with Crippen LogP contribution in [0.25, 0.3) is 0 Å². The Morgan fingerprint density at radius 2 is 2.07 bits per heavy atom. The van der Waals surface area contributed by atoms with Gasteiger partial charge in [-0.1, -0.05) is 23.7 Å². The maximum Gasteiger partial charge on any atom is 0.142 e. The summed E-state index contributed by atoms with van der Waals surface area (Å²) in [6, 6.07) is 4.02. The molecule has 3 nitrogen and oxygen atoms in total. The van der Waals surface area contributed by atoms with E-state index in [1.54, 1.807) is 0 Å². The molecule has 0 aliphatic heterocycles. The second-order valence-corrected chi connectivity index (χ2v) is 3.27. The van der Waals surface area contributed by atoms with Crippen molar-refractivity contribution in [1.29, 1.82) is 0 Å². The number of hydrogen-bond donors (Lipinski definition) is 3. The van der Waals surface area contributed by atoms with Crippen LogP contribution in [0.2, 0.25) is 5.02 Å². The zero-order valence-electron chi connectivity index (χ0n) is 7.32. The van der Waals surface area contributed by atoms with Crippen molar-refractivity contribution in [2.24, 2.45) is 5.73 Å². The minimum absolute atomic E-state index is 0.117. The molecule has 0 radical (unpaired) electrons. The van der Waals surface area contributed by atoms with Gasteiger partial charge in [0.25, 0.3) is 0 Å². The van der Waals surface area contributed by atoms with Crippen LogP contribution in [0.3, 0.4) is 0 Å². The lowest BCUT2D eigenvalue weighted by molar-refractivity contribution is 0.0242. The van der Waals surface area contributed by atoms with E-state index in [9.17, 15) is 14.6 Å². The van der Waals surface area contributed by atoms with E-state index < -0.39 is 18.0 Å². The number of aliphatic hydroxyl groups excluding tert-OH is 2. The first kappa shape index (κ1) is 11.4. The monoisotopic (exact) mass is 219 g/mol. The van der Waals surface area contributed by atoms with E-state index in [-0.39, 0.29) is 17.1 Å². The second-order valence-electron chi connectivity index (χ2n) is 2.89. The maximum atomic E-state index is 13.0. The van der Waals surface area contributed by atoms with Gasteiger partial charge in [-0.15, -0.1) is 0 Å². The Morgan fingerprint density at radius 1 is 1.43 bits per heavy atom. The van der Waals surface area contributed by atoms with Crippen molar-refractivity contribution in [3.05, 3.63) is 34.6 Å². The van der Waals surface area contributed by atoms with E-state index in [0.717, 1.165) is 0 Å². The summed E-state index contributed by atoms with van der Waals surface area (Å²) >= 11 is 5.60. The lowest BCUT2D eigenvalue weighted by atomic mass is 10.0. The minimum atomic E-state index is -1.26. The lowest BCUT2D eigenvalue weighted by Crippen LogP contribution is -2.27. The lowest BCUT2D eigenvalue weighted by Gasteiger charge is -2.17. The molecule has 0 fully saturated rings. The minimum Gasteiger partial charge on any atom is -0.389 e. The van der Waals surface area contributed by atoms with E-state index in [4.69, 9.17) is 17.3 Å². The number of nitrogens with two attached hydrogens (primary N) is 1. The van der Waals surface area contributed by atoms with Crippen LogP contribution in [0.4, 0.5) is 4.39 Å². The Hall–Kier alpha value is -0.680. The van der Waals surface area contributed by atoms with Crippen molar-refractivity contribution in [2.45, 2.75) is 12.2 Å². The van der Waals surface area contributed by atoms with Crippen molar-refractivity contribution in [2.75, 3.05) is 6.54 Å². The van der Waals surface area contributed by atoms with Crippen molar-refractivity contribution in [1.82, 2.24) is 0 Å². The van der Waals surface area contributed by atoms with Gasteiger partial charge in [0, 0.05) is 12.1 Å². The molecule has 0 bridgehead atoms. The van der Waals surface area contributed by atoms with Crippen LogP contribution in [-0.4, -0.2) is 22.9 Å². The molecule has 0 aliphatic carbocycles. The molecule has 1 rings (SSSR count). The highest BCUT2D eigenvalue weighted by Gasteiger charge is 2.20. The van der Waals surface area contributed by atoms with Gasteiger partial charge in [-0.05, 0) is 6.07 Å². The topological polar surface area (TPSA) is 66.5 Å². The molecule has 1 aromatic rings. The second kappa shape index (κ2) is 4.70. The zero-order chi connectivity index (χ0) is 10.7. The number of aliphatic hydroxyl groups is 2. The predicted molar refractivity (Wildman–Crippen MR) is 51.4 cm³/mol. The van der Waals surface area contributed by atoms with Gasteiger partial charge in [0.05, 0.1) is 11.1 Å². The number of rotatable bonds is 3. The molecule has 0 saturated carbocycles. The van der Waals surface area contributed by atoms with Gasteiger partial charge in [0.1, 0.15) is 11.9 Å². The van der Waals surface area contributed by atoms with Crippen molar-refractivity contribution < 1.29 is 14.6 Å². The Labute approximate surface area is 85.9 Å². The normalized spacial score (nSPS) is 15.2. The molecule has 2 unspecified atom stereocenters. The molecule has 0 saturated heterocycles. The van der Waals surface area contributed by atoms with Crippen LogP contribution in [-0.2, 0) is 0 Å². The van der Waals surface area contributed by atoms with E-state index in [0.29, 0.717) is 0 Å². The van der Waals surface area contributed by atoms with Gasteiger partial charge in [-0.25, -0.2) is 4.39 Å². The van der Waals surface area contributed by atoms with E-state index in [2.05, 4.69) is 0 Å². The standard InChI is InChI=1S/C9H11ClFNO2/c10-8-5(2-1-3-6(8)11)9(14)7(13)4-12/h1-3,7,9,13-14H,4,12H2. The van der Waals surface area contributed by atoms with Crippen LogP contribution in [0.5, 0.6) is 0 Å². The Morgan fingerprint density at radius 3 is 2.64 bits per heavy atom. The van der Waals surface area contributed by atoms with E-state index in [1.165, 1.54) is 18.2 Å². The number of hydrogen-bond acceptors (Lipinski definition) is 3. The van der Waals surface area contributed by atoms with Gasteiger partial charge >= 0.3 is 0 Å². The van der Waals surface area contributed by atoms with E-state index >= 15 is 0 Å². The average Bonchev–Trinajstić information content (AvgIpc) is 2.20. The first-order chi connectivity index (χ1) is 6.57. The fourth-order valence-electron chi connectivity index (χ4n) is 1.09. The van der Waals surface area contributed by atoms with Gasteiger partial charge < -0.3 is 15.9 Å². The third-order valence-electron chi connectivity index (χ3n) is 1.91. The van der Waals surface area contributed by atoms with Gasteiger partial charge in [0.15, 0.2) is 0 Å². The number of benzene rings is 1. The molecule has 0 amide bonds.